The van der Waals surface area contributed by atoms with Gasteiger partial charge in [0.2, 0.25) is 0 Å². The molecule has 0 aliphatic rings. The predicted molar refractivity (Wildman–Crippen MR) is 72.6 cm³/mol. The SMILES string of the molecule is NC(=S)CCCCOc1cc(Cl)cc(Cl)c1. The van der Waals surface area contributed by atoms with Gasteiger partial charge in [-0.15, -0.1) is 0 Å². The van der Waals surface area contributed by atoms with Crippen molar-refractivity contribution in [3.63, 3.8) is 0 Å². The third-order valence-electron chi connectivity index (χ3n) is 1.92. The van der Waals surface area contributed by atoms with E-state index < -0.39 is 0 Å². The van der Waals surface area contributed by atoms with Crippen LogP contribution in [-0.4, -0.2) is 11.6 Å². The van der Waals surface area contributed by atoms with Crippen LogP contribution in [0.2, 0.25) is 10.0 Å². The van der Waals surface area contributed by atoms with E-state index in [-0.39, 0.29) is 0 Å². The molecule has 5 heteroatoms. The monoisotopic (exact) mass is 277 g/mol. The molecule has 0 saturated heterocycles. The fourth-order valence-corrected chi connectivity index (χ4v) is 1.85. The normalized spacial score (nSPS) is 10.1. The van der Waals surface area contributed by atoms with E-state index in [9.17, 15) is 0 Å². The van der Waals surface area contributed by atoms with Crippen molar-refractivity contribution in [2.75, 3.05) is 6.61 Å². The fourth-order valence-electron chi connectivity index (χ4n) is 1.20. The van der Waals surface area contributed by atoms with Gasteiger partial charge in [0.05, 0.1) is 11.6 Å². The smallest absolute Gasteiger partial charge is 0.122 e. The Morgan fingerprint density at radius 2 is 1.81 bits per heavy atom. The molecular weight excluding hydrogens is 265 g/mol. The highest BCUT2D eigenvalue weighted by atomic mass is 35.5. The molecular formula is C11H13Cl2NOS. The zero-order valence-electron chi connectivity index (χ0n) is 8.71. The highest BCUT2D eigenvalue weighted by Crippen LogP contribution is 2.24. The summed E-state index contributed by atoms with van der Waals surface area (Å²) in [6.07, 6.45) is 2.60. The number of hydrogen-bond acceptors (Lipinski definition) is 2. The van der Waals surface area contributed by atoms with Crippen LogP contribution in [0.3, 0.4) is 0 Å². The van der Waals surface area contributed by atoms with Crippen molar-refractivity contribution in [2.24, 2.45) is 5.73 Å². The lowest BCUT2D eigenvalue weighted by molar-refractivity contribution is 0.308. The molecule has 0 spiro atoms. The number of halogens is 2. The summed E-state index contributed by atoms with van der Waals surface area (Å²) in [4.78, 5) is 0.547. The van der Waals surface area contributed by atoms with Crippen LogP contribution in [0.4, 0.5) is 0 Å². The van der Waals surface area contributed by atoms with Gasteiger partial charge in [0, 0.05) is 10.0 Å². The maximum atomic E-state index is 5.83. The fraction of sp³-hybridized carbons (Fsp3) is 0.364. The second-order valence-electron chi connectivity index (χ2n) is 3.38. The van der Waals surface area contributed by atoms with Crippen LogP contribution in [-0.2, 0) is 0 Å². The van der Waals surface area contributed by atoms with Gasteiger partial charge in [0.1, 0.15) is 5.75 Å². The Balaban J connectivity index is 2.29. The first-order chi connectivity index (χ1) is 7.58. The van der Waals surface area contributed by atoms with Crippen LogP contribution in [0.1, 0.15) is 19.3 Å². The van der Waals surface area contributed by atoms with Gasteiger partial charge in [0.15, 0.2) is 0 Å². The van der Waals surface area contributed by atoms with E-state index in [2.05, 4.69) is 0 Å². The number of benzene rings is 1. The first-order valence-electron chi connectivity index (χ1n) is 4.95. The van der Waals surface area contributed by atoms with Crippen molar-refractivity contribution >= 4 is 40.4 Å². The number of ether oxygens (including phenoxy) is 1. The lowest BCUT2D eigenvalue weighted by Gasteiger charge is -2.06. The molecule has 16 heavy (non-hydrogen) atoms. The summed E-state index contributed by atoms with van der Waals surface area (Å²) in [5.74, 6) is 0.688. The Bertz CT molecular complexity index is 351. The first-order valence-corrected chi connectivity index (χ1v) is 6.11. The van der Waals surface area contributed by atoms with Crippen molar-refractivity contribution in [3.8, 4) is 5.75 Å². The second-order valence-corrected chi connectivity index (χ2v) is 4.77. The molecule has 0 unspecified atom stereocenters. The summed E-state index contributed by atoms with van der Waals surface area (Å²) < 4.78 is 5.50. The molecule has 1 aromatic rings. The average molecular weight is 278 g/mol. The van der Waals surface area contributed by atoms with Crippen LogP contribution < -0.4 is 10.5 Å². The van der Waals surface area contributed by atoms with E-state index in [1.54, 1.807) is 18.2 Å². The highest BCUT2D eigenvalue weighted by Gasteiger charge is 1.99. The van der Waals surface area contributed by atoms with Crippen molar-refractivity contribution in [3.05, 3.63) is 28.2 Å². The van der Waals surface area contributed by atoms with Crippen LogP contribution in [0, 0.1) is 0 Å². The van der Waals surface area contributed by atoms with Gasteiger partial charge in [0.25, 0.3) is 0 Å². The minimum atomic E-state index is 0.547. The molecule has 0 atom stereocenters. The summed E-state index contributed by atoms with van der Waals surface area (Å²) in [7, 11) is 0. The molecule has 0 fully saturated rings. The van der Waals surface area contributed by atoms with Gasteiger partial charge in [-0.2, -0.15) is 0 Å². The minimum Gasteiger partial charge on any atom is -0.493 e. The third kappa shape index (κ3) is 5.54. The van der Waals surface area contributed by atoms with E-state index in [4.69, 9.17) is 45.9 Å². The van der Waals surface area contributed by atoms with E-state index in [0.29, 0.717) is 27.4 Å². The van der Waals surface area contributed by atoms with Crippen molar-refractivity contribution in [1.29, 1.82) is 0 Å². The largest absolute Gasteiger partial charge is 0.493 e. The Morgan fingerprint density at radius 1 is 1.19 bits per heavy atom. The molecule has 0 amide bonds. The summed E-state index contributed by atoms with van der Waals surface area (Å²) in [6, 6.07) is 5.14. The molecule has 2 nitrogen and oxygen atoms in total. The number of unbranched alkanes of at least 4 members (excludes halogenated alkanes) is 1. The topological polar surface area (TPSA) is 35.2 Å². The summed E-state index contributed by atoms with van der Waals surface area (Å²) in [5.41, 5.74) is 5.38. The summed E-state index contributed by atoms with van der Waals surface area (Å²) in [6.45, 7) is 0.610. The van der Waals surface area contributed by atoms with Gasteiger partial charge >= 0.3 is 0 Å². The van der Waals surface area contributed by atoms with Crippen LogP contribution in [0.5, 0.6) is 5.75 Å². The molecule has 1 rings (SSSR count). The maximum absolute atomic E-state index is 5.83. The maximum Gasteiger partial charge on any atom is 0.122 e. The Hall–Kier alpha value is -0.510. The summed E-state index contributed by atoms with van der Waals surface area (Å²) in [5, 5.41) is 1.15. The van der Waals surface area contributed by atoms with Crippen molar-refractivity contribution in [2.45, 2.75) is 19.3 Å². The Labute approximate surface area is 111 Å². The van der Waals surface area contributed by atoms with E-state index >= 15 is 0 Å². The summed E-state index contributed by atoms with van der Waals surface area (Å²) >= 11 is 16.4. The highest BCUT2D eigenvalue weighted by molar-refractivity contribution is 7.80. The van der Waals surface area contributed by atoms with Crippen LogP contribution in [0.15, 0.2) is 18.2 Å². The number of thiocarbonyl (C=S) groups is 1. The lowest BCUT2D eigenvalue weighted by atomic mass is 10.2. The molecule has 88 valence electrons. The standard InChI is InChI=1S/C11H13Cl2NOS/c12-8-5-9(13)7-10(6-8)15-4-2-1-3-11(14)16/h5-7H,1-4H2,(H2,14,16). The van der Waals surface area contributed by atoms with Crippen molar-refractivity contribution < 1.29 is 4.74 Å². The number of hydrogen-bond donors (Lipinski definition) is 1. The van der Waals surface area contributed by atoms with E-state index in [1.807, 2.05) is 0 Å². The third-order valence-corrected chi connectivity index (χ3v) is 2.56. The number of rotatable bonds is 6. The van der Waals surface area contributed by atoms with Crippen LogP contribution in [0.25, 0.3) is 0 Å². The molecule has 0 aliphatic heterocycles. The Morgan fingerprint density at radius 3 is 2.38 bits per heavy atom. The van der Waals surface area contributed by atoms with Gasteiger partial charge in [-0.05, 0) is 37.5 Å². The Kier molecular flexibility index (Phi) is 5.88. The molecule has 0 aliphatic carbocycles. The van der Waals surface area contributed by atoms with Gasteiger partial charge in [-0.1, -0.05) is 35.4 Å². The van der Waals surface area contributed by atoms with Gasteiger partial charge < -0.3 is 10.5 Å². The molecule has 0 heterocycles. The average Bonchev–Trinajstić information content (AvgIpc) is 2.15. The van der Waals surface area contributed by atoms with Gasteiger partial charge in [-0.3, -0.25) is 0 Å². The zero-order chi connectivity index (χ0) is 12.0. The van der Waals surface area contributed by atoms with Crippen LogP contribution >= 0.6 is 35.4 Å². The minimum absolute atomic E-state index is 0.547. The number of nitrogens with two attached hydrogens (primary N) is 1. The lowest BCUT2D eigenvalue weighted by Crippen LogP contribution is -2.07. The zero-order valence-corrected chi connectivity index (χ0v) is 11.0. The quantitative estimate of drug-likeness (QED) is 0.634. The second kappa shape index (κ2) is 6.94. The predicted octanol–water partition coefficient (Wildman–Crippen LogP) is 3.83. The molecule has 0 radical (unpaired) electrons. The van der Waals surface area contributed by atoms with E-state index in [1.165, 1.54) is 0 Å². The molecule has 1 aromatic carbocycles. The van der Waals surface area contributed by atoms with Crippen molar-refractivity contribution in [1.82, 2.24) is 0 Å². The molecule has 2 N–H and O–H groups in total. The molecule has 0 bridgehead atoms. The molecule has 0 aromatic heterocycles. The van der Waals surface area contributed by atoms with E-state index in [0.717, 1.165) is 19.3 Å². The first kappa shape index (κ1) is 13.6. The van der Waals surface area contributed by atoms with Gasteiger partial charge in [-0.25, -0.2) is 0 Å². The molecule has 0 saturated carbocycles.